The van der Waals surface area contributed by atoms with E-state index in [1.165, 1.54) is 10.5 Å². The fourth-order valence-corrected chi connectivity index (χ4v) is 8.84. The van der Waals surface area contributed by atoms with Crippen LogP contribution < -0.4 is 0 Å². The average molecular weight is 579 g/mol. The van der Waals surface area contributed by atoms with Gasteiger partial charge in [0.1, 0.15) is 0 Å². The van der Waals surface area contributed by atoms with Gasteiger partial charge in [0.25, 0.3) is 6.43 Å². The molecule has 40 heavy (non-hydrogen) atoms. The molecule has 2 unspecified atom stereocenters. The molecule has 1 aromatic rings. The lowest BCUT2D eigenvalue weighted by atomic mass is 9.69. The average Bonchev–Trinajstić information content (AvgIpc) is 3.48. The fourth-order valence-electron chi connectivity index (χ4n) is 8.84. The number of urea groups is 1. The van der Waals surface area contributed by atoms with Gasteiger partial charge in [0.05, 0.1) is 12.1 Å². The van der Waals surface area contributed by atoms with Crippen LogP contribution >= 0.6 is 12.4 Å². The minimum absolute atomic E-state index is 0. The van der Waals surface area contributed by atoms with Crippen molar-refractivity contribution in [3.05, 3.63) is 35.9 Å². The summed E-state index contributed by atoms with van der Waals surface area (Å²) < 4.78 is 26.6. The van der Waals surface area contributed by atoms with E-state index < -0.39 is 13.0 Å². The molecular weight excluding hydrogens is 534 g/mol. The summed E-state index contributed by atoms with van der Waals surface area (Å²) in [6.07, 6.45) is 4.48. The van der Waals surface area contributed by atoms with Gasteiger partial charge in [0, 0.05) is 55.6 Å². The number of nitrogens with zero attached hydrogens (tertiary/aromatic N) is 4. The van der Waals surface area contributed by atoms with Crippen molar-refractivity contribution in [2.45, 2.75) is 102 Å². The standard InChI is InChI=1S/C31H44F2N4O2.ClH/c1-21(2)37-29(39)35(19-27(32)33)20-31(37)14-24-10-11-25(15-31)36(24)17-23-16-34(28(38)30(3)12-7-13-30)18-26(23)22-8-5-4-6-9-22;/h4-6,8-9,21,23-27H,7,10-20H2,1-3H3;1H/t23-,24?,25?,26-,31?;/m1./s1. The van der Waals surface area contributed by atoms with Gasteiger partial charge in [0.2, 0.25) is 5.91 Å². The predicted molar refractivity (Wildman–Crippen MR) is 154 cm³/mol. The Kier molecular flexibility index (Phi) is 8.16. The van der Waals surface area contributed by atoms with Crippen molar-refractivity contribution in [1.29, 1.82) is 0 Å². The van der Waals surface area contributed by atoms with Gasteiger partial charge in [-0.3, -0.25) is 9.69 Å². The molecule has 1 aromatic carbocycles. The van der Waals surface area contributed by atoms with Crippen LogP contribution in [0.5, 0.6) is 0 Å². The summed E-state index contributed by atoms with van der Waals surface area (Å²) >= 11 is 0. The van der Waals surface area contributed by atoms with E-state index in [9.17, 15) is 18.4 Å². The fraction of sp³-hybridized carbons (Fsp3) is 0.742. The summed E-state index contributed by atoms with van der Waals surface area (Å²) in [7, 11) is 0. The maximum absolute atomic E-state index is 13.5. The number of benzene rings is 1. The number of amides is 3. The molecule has 9 heteroatoms. The molecule has 6 rings (SSSR count). The summed E-state index contributed by atoms with van der Waals surface area (Å²) in [6, 6.07) is 11.1. The molecule has 4 saturated heterocycles. The maximum Gasteiger partial charge on any atom is 0.321 e. The van der Waals surface area contributed by atoms with Gasteiger partial charge in [-0.25, -0.2) is 13.6 Å². The van der Waals surface area contributed by atoms with Crippen molar-refractivity contribution in [3.8, 4) is 0 Å². The number of hydrogen-bond acceptors (Lipinski definition) is 3. The lowest BCUT2D eigenvalue weighted by Gasteiger charge is -2.50. The Morgan fingerprint density at radius 3 is 2.25 bits per heavy atom. The summed E-state index contributed by atoms with van der Waals surface area (Å²) in [4.78, 5) is 34.9. The number of likely N-dealkylation sites (tertiary alicyclic amines) is 1. The smallest absolute Gasteiger partial charge is 0.321 e. The molecule has 1 spiro atoms. The summed E-state index contributed by atoms with van der Waals surface area (Å²) in [5, 5.41) is 0. The van der Waals surface area contributed by atoms with Gasteiger partial charge in [-0.2, -0.15) is 0 Å². The topological polar surface area (TPSA) is 47.1 Å². The SMILES string of the molecule is CC(C)N1C(=O)N(CC(F)F)CC12CC1CCC(C2)N1C[C@H]1CN(C(=O)C2(C)CCC2)C[C@@H]1c1ccccc1.Cl. The number of carbonyl (C=O) groups is 2. The molecule has 0 radical (unpaired) electrons. The third-order valence-electron chi connectivity index (χ3n) is 10.7. The highest BCUT2D eigenvalue weighted by Crippen LogP contribution is 2.49. The number of halogens is 3. The minimum Gasteiger partial charge on any atom is -0.341 e. The van der Waals surface area contributed by atoms with Crippen LogP contribution in [-0.4, -0.2) is 94.4 Å². The summed E-state index contributed by atoms with van der Waals surface area (Å²) in [5.74, 6) is 1.00. The number of fused-ring (bicyclic) bond motifs is 2. The second kappa shape index (κ2) is 11.0. The van der Waals surface area contributed by atoms with Gasteiger partial charge < -0.3 is 14.7 Å². The number of rotatable bonds is 7. The number of hydrogen-bond donors (Lipinski definition) is 0. The van der Waals surface area contributed by atoms with E-state index in [1.54, 1.807) is 0 Å². The van der Waals surface area contributed by atoms with Gasteiger partial charge >= 0.3 is 6.03 Å². The van der Waals surface area contributed by atoms with Crippen molar-refractivity contribution >= 4 is 24.3 Å². The Bertz CT molecular complexity index is 1070. The Balaban J connectivity index is 0.00000323. The van der Waals surface area contributed by atoms with E-state index in [1.807, 2.05) is 18.7 Å². The second-order valence-electron chi connectivity index (χ2n) is 13.6. The second-order valence-corrected chi connectivity index (χ2v) is 13.6. The number of piperidine rings is 1. The minimum atomic E-state index is -2.51. The van der Waals surface area contributed by atoms with Gasteiger partial charge in [0.15, 0.2) is 0 Å². The van der Waals surface area contributed by atoms with Crippen LogP contribution in [0.25, 0.3) is 0 Å². The molecule has 6 nitrogen and oxygen atoms in total. The van der Waals surface area contributed by atoms with Gasteiger partial charge in [-0.15, -0.1) is 12.4 Å². The van der Waals surface area contributed by atoms with Crippen molar-refractivity contribution in [2.75, 3.05) is 32.7 Å². The first-order chi connectivity index (χ1) is 18.6. The zero-order chi connectivity index (χ0) is 27.5. The molecule has 4 aliphatic heterocycles. The van der Waals surface area contributed by atoms with Crippen LogP contribution in [0.3, 0.4) is 0 Å². The quantitative estimate of drug-likeness (QED) is 0.422. The first kappa shape index (κ1) is 29.6. The molecular formula is C31H45ClF2N4O2. The third-order valence-corrected chi connectivity index (χ3v) is 10.7. The normalized spacial score (nSPS) is 33.3. The molecule has 1 aliphatic carbocycles. The largest absolute Gasteiger partial charge is 0.341 e. The molecule has 2 bridgehead atoms. The molecule has 4 heterocycles. The third kappa shape index (κ3) is 5.01. The van der Waals surface area contributed by atoms with Crippen molar-refractivity contribution in [2.24, 2.45) is 11.3 Å². The molecule has 0 N–H and O–H groups in total. The van der Waals surface area contributed by atoms with Crippen LogP contribution in [0.15, 0.2) is 30.3 Å². The van der Waals surface area contributed by atoms with E-state index in [0.717, 1.165) is 64.6 Å². The van der Waals surface area contributed by atoms with Crippen molar-refractivity contribution in [3.63, 3.8) is 0 Å². The molecule has 222 valence electrons. The first-order valence-corrected chi connectivity index (χ1v) is 15.1. The molecule has 1 saturated carbocycles. The predicted octanol–water partition coefficient (Wildman–Crippen LogP) is 5.62. The van der Waals surface area contributed by atoms with Crippen LogP contribution in [-0.2, 0) is 4.79 Å². The highest BCUT2D eigenvalue weighted by Gasteiger charge is 2.58. The first-order valence-electron chi connectivity index (χ1n) is 15.1. The Labute approximate surface area is 243 Å². The molecule has 5 aliphatic rings. The van der Waals surface area contributed by atoms with Crippen LogP contribution in [0.4, 0.5) is 13.6 Å². The van der Waals surface area contributed by atoms with Crippen molar-refractivity contribution < 1.29 is 18.4 Å². The molecule has 0 aromatic heterocycles. The van der Waals surface area contributed by atoms with E-state index in [-0.39, 0.29) is 35.4 Å². The summed E-state index contributed by atoms with van der Waals surface area (Å²) in [5.41, 5.74) is 0.761. The highest BCUT2D eigenvalue weighted by molar-refractivity contribution is 5.85. The molecule has 3 amide bonds. The Morgan fingerprint density at radius 1 is 1.05 bits per heavy atom. The van der Waals surface area contributed by atoms with Gasteiger partial charge in [-0.1, -0.05) is 43.7 Å². The molecule has 4 atom stereocenters. The van der Waals surface area contributed by atoms with Crippen LogP contribution in [0, 0.1) is 11.3 Å². The Hall–Kier alpha value is -1.93. The lowest BCUT2D eigenvalue weighted by molar-refractivity contribution is -0.145. The van der Waals surface area contributed by atoms with E-state index >= 15 is 0 Å². The zero-order valence-corrected chi connectivity index (χ0v) is 24.9. The van der Waals surface area contributed by atoms with E-state index in [0.29, 0.717) is 36.4 Å². The van der Waals surface area contributed by atoms with E-state index in [4.69, 9.17) is 0 Å². The van der Waals surface area contributed by atoms with Crippen molar-refractivity contribution in [1.82, 2.24) is 19.6 Å². The monoisotopic (exact) mass is 578 g/mol. The molecule has 5 fully saturated rings. The van der Waals surface area contributed by atoms with Crippen LogP contribution in [0.2, 0.25) is 0 Å². The lowest BCUT2D eigenvalue weighted by Crippen LogP contribution is -2.60. The summed E-state index contributed by atoms with van der Waals surface area (Å²) in [6.45, 7) is 8.62. The van der Waals surface area contributed by atoms with Gasteiger partial charge in [-0.05, 0) is 63.9 Å². The maximum atomic E-state index is 13.5. The number of alkyl halides is 2. The zero-order valence-electron chi connectivity index (χ0n) is 24.1. The Morgan fingerprint density at radius 2 is 1.70 bits per heavy atom. The van der Waals surface area contributed by atoms with E-state index in [2.05, 4.69) is 47.1 Å². The highest BCUT2D eigenvalue weighted by atomic mass is 35.5. The van der Waals surface area contributed by atoms with Crippen LogP contribution in [0.1, 0.15) is 77.2 Å². The number of carbonyl (C=O) groups excluding carboxylic acids is 2.